The van der Waals surface area contributed by atoms with E-state index in [9.17, 15) is 9.59 Å². The smallest absolute Gasteiger partial charge is 0.325 e. The maximum atomic E-state index is 12.7. The molecule has 21 heavy (non-hydrogen) atoms. The molecular formula is C13H13N5O3. The first-order chi connectivity index (χ1) is 9.90. The lowest BCUT2D eigenvalue weighted by Crippen LogP contribution is -2.69. The standard InChI is InChI=1S/C13H13N5O3/c1-6-3-4-8-7(5-6)12-9(19)15-10(14)16-13(12,21-8)18(2)11(20)17-12/h3-5H,1-2H3,(H,17,20)(H3,14,15,16,19). The molecule has 0 saturated carbocycles. The fourth-order valence-corrected chi connectivity index (χ4v) is 3.19. The highest BCUT2D eigenvalue weighted by atomic mass is 16.5. The van der Waals surface area contributed by atoms with Gasteiger partial charge in [-0.2, -0.15) is 4.99 Å². The van der Waals surface area contributed by atoms with Crippen molar-refractivity contribution in [1.82, 2.24) is 15.5 Å². The van der Waals surface area contributed by atoms with Crippen LogP contribution in [0.4, 0.5) is 4.79 Å². The zero-order valence-electron chi connectivity index (χ0n) is 11.4. The van der Waals surface area contributed by atoms with Crippen LogP contribution in [0.15, 0.2) is 23.2 Å². The number of hydrogen-bond donors (Lipinski definition) is 3. The molecule has 1 aromatic rings. The Bertz CT molecular complexity index is 745. The summed E-state index contributed by atoms with van der Waals surface area (Å²) in [6.07, 6.45) is 0. The van der Waals surface area contributed by atoms with E-state index >= 15 is 0 Å². The van der Waals surface area contributed by atoms with Crippen LogP contribution in [0.5, 0.6) is 5.75 Å². The zero-order valence-corrected chi connectivity index (χ0v) is 11.4. The number of rotatable bonds is 0. The molecule has 3 heterocycles. The second-order valence-corrected chi connectivity index (χ2v) is 5.40. The molecule has 108 valence electrons. The Balaban J connectivity index is 2.09. The highest BCUT2D eigenvalue weighted by Gasteiger charge is 2.76. The van der Waals surface area contributed by atoms with E-state index in [2.05, 4.69) is 15.6 Å². The third-order valence-electron chi connectivity index (χ3n) is 4.19. The van der Waals surface area contributed by atoms with Crippen LogP contribution < -0.4 is 21.1 Å². The number of guanidine groups is 1. The van der Waals surface area contributed by atoms with Crippen LogP contribution in [0.1, 0.15) is 11.1 Å². The van der Waals surface area contributed by atoms with Crippen molar-refractivity contribution in [3.63, 3.8) is 0 Å². The molecule has 1 fully saturated rings. The number of carbonyl (C=O) groups is 2. The van der Waals surface area contributed by atoms with Crippen molar-refractivity contribution >= 4 is 17.9 Å². The summed E-state index contributed by atoms with van der Waals surface area (Å²) < 4.78 is 5.91. The van der Waals surface area contributed by atoms with Crippen molar-refractivity contribution in [2.75, 3.05) is 7.05 Å². The summed E-state index contributed by atoms with van der Waals surface area (Å²) >= 11 is 0. The summed E-state index contributed by atoms with van der Waals surface area (Å²) in [5.74, 6) is -1.56. The van der Waals surface area contributed by atoms with E-state index in [0.717, 1.165) is 5.56 Å². The number of amides is 3. The van der Waals surface area contributed by atoms with Gasteiger partial charge in [0.05, 0.1) is 0 Å². The normalized spacial score (nSPS) is 32.5. The Morgan fingerprint density at radius 1 is 1.38 bits per heavy atom. The van der Waals surface area contributed by atoms with Crippen LogP contribution in [0.3, 0.4) is 0 Å². The number of likely N-dealkylation sites (N-methyl/N-ethyl adjacent to an activating group) is 1. The van der Waals surface area contributed by atoms with Gasteiger partial charge in [-0.25, -0.2) is 4.79 Å². The predicted octanol–water partition coefficient (Wildman–Crippen LogP) is -0.664. The highest BCUT2D eigenvalue weighted by Crippen LogP contribution is 2.54. The van der Waals surface area contributed by atoms with E-state index in [1.165, 1.54) is 11.9 Å². The summed E-state index contributed by atoms with van der Waals surface area (Å²) in [5, 5.41) is 5.19. The fraction of sp³-hybridized carbons (Fsp3) is 0.308. The van der Waals surface area contributed by atoms with Gasteiger partial charge in [-0.3, -0.25) is 15.0 Å². The topological polar surface area (TPSA) is 109 Å². The summed E-state index contributed by atoms with van der Waals surface area (Å²) in [7, 11) is 1.52. The minimum absolute atomic E-state index is 0.0801. The Morgan fingerprint density at radius 2 is 2.14 bits per heavy atom. The zero-order chi connectivity index (χ0) is 15.0. The molecule has 2 atom stereocenters. The van der Waals surface area contributed by atoms with Gasteiger partial charge in [0.2, 0.25) is 11.5 Å². The van der Waals surface area contributed by atoms with Gasteiger partial charge in [0, 0.05) is 12.6 Å². The van der Waals surface area contributed by atoms with E-state index < -0.39 is 23.3 Å². The number of benzene rings is 1. The molecule has 8 nitrogen and oxygen atoms in total. The molecule has 4 N–H and O–H groups in total. The van der Waals surface area contributed by atoms with Gasteiger partial charge in [-0.1, -0.05) is 11.6 Å². The maximum Gasteiger partial charge on any atom is 0.325 e. The number of hydrogen-bond acceptors (Lipinski definition) is 5. The average Bonchev–Trinajstić information content (AvgIpc) is 2.81. The molecule has 8 heteroatoms. The number of urea groups is 1. The molecule has 0 bridgehead atoms. The van der Waals surface area contributed by atoms with Crippen LogP contribution in [0.25, 0.3) is 0 Å². The maximum absolute atomic E-state index is 12.7. The van der Waals surface area contributed by atoms with Gasteiger partial charge < -0.3 is 15.8 Å². The number of nitrogens with one attached hydrogen (secondary N) is 2. The summed E-state index contributed by atoms with van der Waals surface area (Å²) in [6, 6.07) is 4.99. The summed E-state index contributed by atoms with van der Waals surface area (Å²) in [6.45, 7) is 1.90. The number of fused-ring (bicyclic) bond motifs is 1. The molecule has 0 aromatic heterocycles. The van der Waals surface area contributed by atoms with Gasteiger partial charge >= 0.3 is 11.9 Å². The number of nitrogens with two attached hydrogens (primary N) is 1. The van der Waals surface area contributed by atoms with Crippen molar-refractivity contribution in [3.8, 4) is 5.75 Å². The van der Waals surface area contributed by atoms with Crippen molar-refractivity contribution < 1.29 is 14.3 Å². The molecule has 1 saturated heterocycles. The van der Waals surface area contributed by atoms with Gasteiger partial charge in [0.25, 0.3) is 5.91 Å². The monoisotopic (exact) mass is 287 g/mol. The van der Waals surface area contributed by atoms with E-state index in [4.69, 9.17) is 10.5 Å². The lowest BCUT2D eigenvalue weighted by Gasteiger charge is -2.38. The first kappa shape index (κ1) is 12.0. The molecule has 2 unspecified atom stereocenters. The Hall–Kier alpha value is -2.77. The van der Waals surface area contributed by atoms with Crippen molar-refractivity contribution in [3.05, 3.63) is 29.3 Å². The molecule has 1 aromatic carbocycles. The van der Waals surface area contributed by atoms with Gasteiger partial charge in [0.15, 0.2) is 0 Å². The number of aliphatic imine (C=N–C) groups is 1. The first-order valence-corrected chi connectivity index (χ1v) is 6.43. The van der Waals surface area contributed by atoms with Gasteiger partial charge in [-0.15, -0.1) is 0 Å². The molecule has 0 radical (unpaired) electrons. The SMILES string of the molecule is Cc1ccc2c(c1)C13NC(=O)N(C)C1(N=C(N)NC3=O)O2. The number of carbonyl (C=O) groups excluding carboxylic acids is 2. The fourth-order valence-electron chi connectivity index (χ4n) is 3.19. The quantitative estimate of drug-likeness (QED) is 0.588. The van der Waals surface area contributed by atoms with E-state index in [1.807, 2.05) is 19.1 Å². The molecule has 0 spiro atoms. The van der Waals surface area contributed by atoms with Gasteiger partial charge in [0.1, 0.15) is 5.75 Å². The molecule has 3 amide bonds. The third kappa shape index (κ3) is 1.10. The van der Waals surface area contributed by atoms with Crippen LogP contribution >= 0.6 is 0 Å². The highest BCUT2D eigenvalue weighted by molar-refractivity contribution is 6.09. The van der Waals surface area contributed by atoms with Crippen molar-refractivity contribution in [1.29, 1.82) is 0 Å². The van der Waals surface area contributed by atoms with Crippen LogP contribution in [-0.4, -0.2) is 35.7 Å². The Labute approximate surface area is 119 Å². The van der Waals surface area contributed by atoms with Gasteiger partial charge in [-0.05, 0) is 19.1 Å². The number of aryl methyl sites for hydroxylation is 1. The average molecular weight is 287 g/mol. The van der Waals surface area contributed by atoms with E-state index in [0.29, 0.717) is 11.3 Å². The van der Waals surface area contributed by atoms with Crippen LogP contribution in [-0.2, 0) is 10.3 Å². The minimum atomic E-state index is -1.52. The van der Waals surface area contributed by atoms with Crippen LogP contribution in [0.2, 0.25) is 0 Å². The second-order valence-electron chi connectivity index (χ2n) is 5.40. The number of ether oxygens (including phenoxy) is 1. The Kier molecular flexibility index (Phi) is 1.87. The second kappa shape index (κ2) is 3.27. The number of nitrogens with zero attached hydrogens (tertiary/aromatic N) is 2. The predicted molar refractivity (Wildman–Crippen MR) is 72.3 cm³/mol. The lowest BCUT2D eigenvalue weighted by atomic mass is 9.84. The summed E-state index contributed by atoms with van der Waals surface area (Å²) in [4.78, 5) is 30.3. The lowest BCUT2D eigenvalue weighted by molar-refractivity contribution is -0.139. The van der Waals surface area contributed by atoms with Crippen molar-refractivity contribution in [2.45, 2.75) is 18.3 Å². The Morgan fingerprint density at radius 3 is 2.90 bits per heavy atom. The first-order valence-electron chi connectivity index (χ1n) is 6.43. The largest absolute Gasteiger partial charge is 0.445 e. The minimum Gasteiger partial charge on any atom is -0.445 e. The molecular weight excluding hydrogens is 274 g/mol. The van der Waals surface area contributed by atoms with E-state index in [-0.39, 0.29) is 5.96 Å². The van der Waals surface area contributed by atoms with E-state index in [1.54, 1.807) is 6.07 Å². The molecule has 4 rings (SSSR count). The summed E-state index contributed by atoms with van der Waals surface area (Å²) in [5.41, 5.74) is 5.77. The third-order valence-corrected chi connectivity index (χ3v) is 4.19. The van der Waals surface area contributed by atoms with Crippen LogP contribution in [0, 0.1) is 6.92 Å². The van der Waals surface area contributed by atoms with Crippen molar-refractivity contribution in [2.24, 2.45) is 10.7 Å². The molecule has 3 aliphatic rings. The molecule has 0 aliphatic carbocycles. The molecule has 3 aliphatic heterocycles.